The highest BCUT2D eigenvalue weighted by molar-refractivity contribution is 5.87. The second-order valence-corrected chi connectivity index (χ2v) is 2.96. The van der Waals surface area contributed by atoms with Gasteiger partial charge in [0, 0.05) is 0 Å². The van der Waals surface area contributed by atoms with Crippen LogP contribution >= 0.6 is 0 Å². The van der Waals surface area contributed by atoms with Gasteiger partial charge in [-0.05, 0) is 19.1 Å². The van der Waals surface area contributed by atoms with Crippen molar-refractivity contribution < 1.29 is 23.8 Å². The second kappa shape index (κ2) is 6.47. The Hall–Kier alpha value is -2.11. The number of rotatable bonds is 5. The molecule has 0 aliphatic carbocycles. The van der Waals surface area contributed by atoms with Crippen molar-refractivity contribution in [2.45, 2.75) is 6.92 Å². The molecular formula is C11H13NO5. The summed E-state index contributed by atoms with van der Waals surface area (Å²) in [5, 5.41) is 0. The van der Waals surface area contributed by atoms with Crippen LogP contribution in [0.4, 0.5) is 0 Å². The van der Waals surface area contributed by atoms with E-state index in [9.17, 15) is 9.59 Å². The van der Waals surface area contributed by atoms with Crippen LogP contribution in [-0.4, -0.2) is 37.2 Å². The Morgan fingerprint density at radius 1 is 1.35 bits per heavy atom. The first-order valence-electron chi connectivity index (χ1n) is 5.00. The third-order valence-electron chi connectivity index (χ3n) is 1.79. The molecule has 1 aromatic rings. The number of ether oxygens (including phenoxy) is 3. The average Bonchev–Trinajstić information content (AvgIpc) is 2.36. The maximum absolute atomic E-state index is 11.1. The molecule has 6 nitrogen and oxygen atoms in total. The van der Waals surface area contributed by atoms with Crippen LogP contribution in [0.15, 0.2) is 18.3 Å². The predicted octanol–water partition coefficient (Wildman–Crippen LogP) is 0.810. The van der Waals surface area contributed by atoms with E-state index in [4.69, 9.17) is 4.74 Å². The number of carbonyl (C=O) groups is 2. The molecule has 1 rings (SSSR count). The minimum absolute atomic E-state index is 0.177. The van der Waals surface area contributed by atoms with E-state index in [-0.39, 0.29) is 12.3 Å². The van der Waals surface area contributed by atoms with Crippen LogP contribution in [0.2, 0.25) is 0 Å². The normalized spacial score (nSPS) is 9.53. The zero-order valence-electron chi connectivity index (χ0n) is 9.63. The zero-order chi connectivity index (χ0) is 12.7. The number of methoxy groups -OCH3 is 1. The molecule has 0 aliphatic heterocycles. The van der Waals surface area contributed by atoms with Crippen LogP contribution in [0.5, 0.6) is 5.75 Å². The Balaban J connectivity index is 2.51. The molecule has 0 radical (unpaired) electrons. The lowest BCUT2D eigenvalue weighted by molar-refractivity contribution is -0.145. The van der Waals surface area contributed by atoms with Crippen LogP contribution in [0.3, 0.4) is 0 Å². The molecule has 0 unspecified atom stereocenters. The summed E-state index contributed by atoms with van der Waals surface area (Å²) in [5.41, 5.74) is 0.177. The van der Waals surface area contributed by atoms with E-state index < -0.39 is 11.9 Å². The van der Waals surface area contributed by atoms with Crippen molar-refractivity contribution in [3.8, 4) is 5.75 Å². The van der Waals surface area contributed by atoms with Crippen molar-refractivity contribution in [1.82, 2.24) is 4.98 Å². The number of aromatic nitrogens is 1. The van der Waals surface area contributed by atoms with Crippen LogP contribution in [-0.2, 0) is 14.3 Å². The molecule has 0 atom stereocenters. The van der Waals surface area contributed by atoms with E-state index in [0.717, 1.165) is 0 Å². The minimum Gasteiger partial charge on any atom is -0.480 e. The first-order chi connectivity index (χ1) is 8.17. The molecular weight excluding hydrogens is 226 g/mol. The molecule has 1 aromatic heterocycles. The molecule has 0 N–H and O–H groups in total. The number of esters is 2. The summed E-state index contributed by atoms with van der Waals surface area (Å²) in [6.45, 7) is 1.83. The zero-order valence-corrected chi connectivity index (χ0v) is 9.63. The molecule has 0 spiro atoms. The molecule has 0 amide bonds. The van der Waals surface area contributed by atoms with Gasteiger partial charge in [0.15, 0.2) is 6.61 Å². The first-order valence-corrected chi connectivity index (χ1v) is 5.00. The summed E-state index contributed by atoms with van der Waals surface area (Å²) in [7, 11) is 1.27. The Kier molecular flexibility index (Phi) is 4.93. The lowest BCUT2D eigenvalue weighted by atomic mass is 10.3. The lowest BCUT2D eigenvalue weighted by Crippen LogP contribution is -2.14. The lowest BCUT2D eigenvalue weighted by Gasteiger charge is -2.05. The number of hydrogen-bond donors (Lipinski definition) is 0. The number of hydrogen-bond acceptors (Lipinski definition) is 6. The van der Waals surface area contributed by atoms with Gasteiger partial charge in [-0.25, -0.2) is 14.6 Å². The molecule has 17 heavy (non-hydrogen) atoms. The molecule has 0 bridgehead atoms. The second-order valence-electron chi connectivity index (χ2n) is 2.96. The highest BCUT2D eigenvalue weighted by Crippen LogP contribution is 2.09. The molecule has 1 heterocycles. The van der Waals surface area contributed by atoms with E-state index in [0.29, 0.717) is 12.4 Å². The van der Waals surface area contributed by atoms with Crippen LogP contribution in [0.1, 0.15) is 17.4 Å². The van der Waals surface area contributed by atoms with E-state index >= 15 is 0 Å². The quantitative estimate of drug-likeness (QED) is 0.708. The SMILES string of the molecule is CCOC(=O)COc1ccc(C(=O)OC)nc1. The van der Waals surface area contributed by atoms with E-state index in [1.54, 1.807) is 6.92 Å². The van der Waals surface area contributed by atoms with E-state index in [1.165, 1.54) is 25.4 Å². The summed E-state index contributed by atoms with van der Waals surface area (Å²) in [5.74, 6) is -0.600. The molecule has 0 aliphatic rings. The van der Waals surface area contributed by atoms with Crippen LogP contribution in [0.25, 0.3) is 0 Å². The van der Waals surface area contributed by atoms with Gasteiger partial charge in [0.2, 0.25) is 0 Å². The van der Waals surface area contributed by atoms with Crippen molar-refractivity contribution in [1.29, 1.82) is 0 Å². The van der Waals surface area contributed by atoms with Crippen molar-refractivity contribution in [2.75, 3.05) is 20.3 Å². The molecule has 0 fully saturated rings. The fraction of sp³-hybridized carbons (Fsp3) is 0.364. The third-order valence-corrected chi connectivity index (χ3v) is 1.79. The molecule has 0 aromatic carbocycles. The molecule has 92 valence electrons. The molecule has 6 heteroatoms. The van der Waals surface area contributed by atoms with Crippen LogP contribution < -0.4 is 4.74 Å². The van der Waals surface area contributed by atoms with Crippen molar-refractivity contribution in [3.63, 3.8) is 0 Å². The Labute approximate surface area is 98.5 Å². The number of carbonyl (C=O) groups excluding carboxylic acids is 2. The van der Waals surface area contributed by atoms with Gasteiger partial charge in [0.05, 0.1) is 19.9 Å². The van der Waals surface area contributed by atoms with Gasteiger partial charge < -0.3 is 14.2 Å². The van der Waals surface area contributed by atoms with Gasteiger partial charge >= 0.3 is 11.9 Å². The predicted molar refractivity (Wildman–Crippen MR) is 57.7 cm³/mol. The van der Waals surface area contributed by atoms with Crippen LogP contribution in [0, 0.1) is 0 Å². The molecule has 0 saturated carbocycles. The number of nitrogens with zero attached hydrogens (tertiary/aromatic N) is 1. The minimum atomic E-state index is -0.526. The maximum Gasteiger partial charge on any atom is 0.356 e. The van der Waals surface area contributed by atoms with E-state index in [1.807, 2.05) is 0 Å². The third kappa shape index (κ3) is 4.10. The Bertz CT molecular complexity index is 387. The standard InChI is InChI=1S/C11H13NO5/c1-3-16-10(13)7-17-8-4-5-9(12-6-8)11(14)15-2/h4-6H,3,7H2,1-2H3. The first kappa shape index (κ1) is 13.0. The molecule has 0 saturated heterocycles. The Morgan fingerprint density at radius 2 is 2.12 bits per heavy atom. The average molecular weight is 239 g/mol. The topological polar surface area (TPSA) is 74.7 Å². The van der Waals surface area contributed by atoms with Gasteiger partial charge in [0.25, 0.3) is 0 Å². The van der Waals surface area contributed by atoms with Crippen molar-refractivity contribution in [2.24, 2.45) is 0 Å². The van der Waals surface area contributed by atoms with Gasteiger partial charge in [0.1, 0.15) is 11.4 Å². The Morgan fingerprint density at radius 3 is 2.65 bits per heavy atom. The fourth-order valence-electron chi connectivity index (χ4n) is 1.04. The summed E-state index contributed by atoms with van der Waals surface area (Å²) >= 11 is 0. The van der Waals surface area contributed by atoms with Gasteiger partial charge in [-0.15, -0.1) is 0 Å². The summed E-state index contributed by atoms with van der Waals surface area (Å²) in [4.78, 5) is 25.9. The number of pyridine rings is 1. The van der Waals surface area contributed by atoms with Gasteiger partial charge in [-0.3, -0.25) is 0 Å². The highest BCUT2D eigenvalue weighted by Gasteiger charge is 2.07. The largest absolute Gasteiger partial charge is 0.480 e. The smallest absolute Gasteiger partial charge is 0.356 e. The van der Waals surface area contributed by atoms with Crippen molar-refractivity contribution >= 4 is 11.9 Å². The van der Waals surface area contributed by atoms with E-state index in [2.05, 4.69) is 14.5 Å². The summed E-state index contributed by atoms with van der Waals surface area (Å²) < 4.78 is 14.3. The fourth-order valence-corrected chi connectivity index (χ4v) is 1.04. The summed E-state index contributed by atoms with van der Waals surface area (Å²) in [6, 6.07) is 2.98. The highest BCUT2D eigenvalue weighted by atomic mass is 16.6. The van der Waals surface area contributed by atoms with Crippen molar-refractivity contribution in [3.05, 3.63) is 24.0 Å². The maximum atomic E-state index is 11.1. The summed E-state index contributed by atoms with van der Waals surface area (Å²) in [6.07, 6.45) is 1.34. The van der Waals surface area contributed by atoms with Gasteiger partial charge in [-0.1, -0.05) is 0 Å². The monoisotopic (exact) mass is 239 g/mol. The van der Waals surface area contributed by atoms with Gasteiger partial charge in [-0.2, -0.15) is 0 Å².